The van der Waals surface area contributed by atoms with Gasteiger partial charge in [-0.2, -0.15) is 5.10 Å². The number of thioether (sulfide) groups is 1. The molecule has 2 aliphatic rings. The van der Waals surface area contributed by atoms with Crippen LogP contribution in [0.15, 0.2) is 22.6 Å². The summed E-state index contributed by atoms with van der Waals surface area (Å²) in [5.74, 6) is 3.79. The third kappa shape index (κ3) is 3.53. The highest BCUT2D eigenvalue weighted by Crippen LogP contribution is 2.46. The Morgan fingerprint density at radius 2 is 2.46 bits per heavy atom. The van der Waals surface area contributed by atoms with Gasteiger partial charge >= 0.3 is 0 Å². The van der Waals surface area contributed by atoms with Crippen LogP contribution >= 0.6 is 23.1 Å². The molecular formula is C18H20N6O2S2. The van der Waals surface area contributed by atoms with E-state index in [4.69, 9.17) is 21.9 Å². The van der Waals surface area contributed by atoms with Crippen LogP contribution in [-0.4, -0.2) is 44.3 Å². The lowest BCUT2D eigenvalue weighted by molar-refractivity contribution is -0.0466. The fraction of sp³-hybridized carbons (Fsp3) is 0.444. The molecular weight excluding hydrogens is 396 g/mol. The number of aromatic nitrogens is 3. The Hall–Kier alpha value is -2.35. The first-order valence-corrected chi connectivity index (χ1v) is 10.7. The standard InChI is InChI=1S/C18H20N6O2S2/c1-3-5-24-6-4-13(23-24)15(25)20-14-9-27-16(21-14)18-10-26-11(2)7-12(18)8-28-17(19)22-18/h1,4,6,9,11-12H,5,7-8,10H2,2H3,(H2,19,22)(H,20,25). The van der Waals surface area contributed by atoms with Crippen molar-refractivity contribution in [3.05, 3.63) is 28.3 Å². The number of rotatable bonds is 4. The summed E-state index contributed by atoms with van der Waals surface area (Å²) in [4.78, 5) is 21.8. The highest BCUT2D eigenvalue weighted by molar-refractivity contribution is 8.13. The van der Waals surface area contributed by atoms with E-state index < -0.39 is 5.54 Å². The van der Waals surface area contributed by atoms with Crippen LogP contribution in [0.1, 0.15) is 28.8 Å². The molecule has 10 heteroatoms. The molecule has 1 fully saturated rings. The number of terminal acetylenes is 1. The van der Waals surface area contributed by atoms with Gasteiger partial charge in [0.15, 0.2) is 10.9 Å². The summed E-state index contributed by atoms with van der Waals surface area (Å²) in [5.41, 5.74) is 5.73. The van der Waals surface area contributed by atoms with E-state index in [1.54, 1.807) is 24.0 Å². The quantitative estimate of drug-likeness (QED) is 0.737. The summed E-state index contributed by atoms with van der Waals surface area (Å²) in [6, 6.07) is 1.62. The molecule has 3 atom stereocenters. The van der Waals surface area contributed by atoms with E-state index in [-0.39, 0.29) is 17.7 Å². The number of aliphatic imine (C=N–C) groups is 1. The molecule has 146 valence electrons. The van der Waals surface area contributed by atoms with Crippen molar-refractivity contribution in [3.8, 4) is 12.3 Å². The average molecular weight is 417 g/mol. The molecule has 3 N–H and O–H groups in total. The predicted octanol–water partition coefficient (Wildman–Crippen LogP) is 1.91. The SMILES string of the molecule is C#CCn1ccc(C(=O)Nc2csc(C34COC(C)CC3CSC(N)=N4)n2)n1. The minimum absolute atomic E-state index is 0.186. The van der Waals surface area contributed by atoms with Crippen molar-refractivity contribution in [1.82, 2.24) is 14.8 Å². The number of carbonyl (C=O) groups is 1. The van der Waals surface area contributed by atoms with Crippen LogP contribution in [0.25, 0.3) is 0 Å². The van der Waals surface area contributed by atoms with Crippen LogP contribution in [0.4, 0.5) is 5.82 Å². The van der Waals surface area contributed by atoms with E-state index in [1.165, 1.54) is 16.0 Å². The van der Waals surface area contributed by atoms with Gasteiger partial charge < -0.3 is 15.8 Å². The van der Waals surface area contributed by atoms with Crippen molar-refractivity contribution in [2.75, 3.05) is 17.7 Å². The molecule has 28 heavy (non-hydrogen) atoms. The van der Waals surface area contributed by atoms with Crippen LogP contribution in [0, 0.1) is 18.3 Å². The normalized spacial score (nSPS) is 26.8. The van der Waals surface area contributed by atoms with Gasteiger partial charge in [0, 0.05) is 23.2 Å². The summed E-state index contributed by atoms with van der Waals surface area (Å²) < 4.78 is 7.45. The number of hydrogen-bond acceptors (Lipinski definition) is 8. The van der Waals surface area contributed by atoms with Crippen molar-refractivity contribution in [2.45, 2.75) is 31.5 Å². The number of nitrogens with one attached hydrogen (secondary N) is 1. The number of anilines is 1. The van der Waals surface area contributed by atoms with E-state index in [9.17, 15) is 4.79 Å². The molecule has 2 aromatic rings. The molecule has 0 spiro atoms. The number of fused-ring (bicyclic) bond motifs is 1. The summed E-state index contributed by atoms with van der Waals surface area (Å²) >= 11 is 3.03. The van der Waals surface area contributed by atoms with Crippen LogP contribution in [0.5, 0.6) is 0 Å². The Morgan fingerprint density at radius 1 is 1.61 bits per heavy atom. The van der Waals surface area contributed by atoms with Crippen molar-refractivity contribution in [1.29, 1.82) is 0 Å². The smallest absolute Gasteiger partial charge is 0.277 e. The van der Waals surface area contributed by atoms with Crippen molar-refractivity contribution in [3.63, 3.8) is 0 Å². The Morgan fingerprint density at radius 3 is 3.29 bits per heavy atom. The molecule has 0 aromatic carbocycles. The van der Waals surface area contributed by atoms with Crippen molar-refractivity contribution >= 4 is 40.0 Å². The Kier molecular flexibility index (Phi) is 5.14. The van der Waals surface area contributed by atoms with E-state index in [1.807, 2.05) is 5.38 Å². The first-order chi connectivity index (χ1) is 13.5. The topological polar surface area (TPSA) is 107 Å². The largest absolute Gasteiger partial charge is 0.379 e. The third-order valence-corrected chi connectivity index (χ3v) is 6.83. The molecule has 0 bridgehead atoms. The monoisotopic (exact) mass is 416 g/mol. The number of nitrogens with two attached hydrogens (primary N) is 1. The number of nitrogens with zero attached hydrogens (tertiary/aromatic N) is 4. The lowest BCUT2D eigenvalue weighted by Gasteiger charge is -2.44. The molecule has 0 radical (unpaired) electrons. The number of amidine groups is 1. The summed E-state index contributed by atoms with van der Waals surface area (Å²) in [6.45, 7) is 2.83. The lowest BCUT2D eigenvalue weighted by atomic mass is 9.80. The molecule has 1 amide bonds. The Bertz CT molecular complexity index is 961. The molecule has 0 saturated carbocycles. The Balaban J connectivity index is 1.55. The maximum atomic E-state index is 12.4. The highest BCUT2D eigenvalue weighted by atomic mass is 32.2. The van der Waals surface area contributed by atoms with E-state index in [0.29, 0.717) is 30.1 Å². The third-order valence-electron chi connectivity index (χ3n) is 4.86. The maximum Gasteiger partial charge on any atom is 0.277 e. The van der Waals surface area contributed by atoms with E-state index in [0.717, 1.165) is 17.2 Å². The van der Waals surface area contributed by atoms with Gasteiger partial charge in [0.25, 0.3) is 5.91 Å². The minimum Gasteiger partial charge on any atom is -0.379 e. The summed E-state index contributed by atoms with van der Waals surface area (Å²) in [5, 5.41) is 10.1. The van der Waals surface area contributed by atoms with Gasteiger partial charge in [-0.3, -0.25) is 9.48 Å². The number of ether oxygens (including phenoxy) is 1. The predicted molar refractivity (Wildman–Crippen MR) is 110 cm³/mol. The summed E-state index contributed by atoms with van der Waals surface area (Å²) in [7, 11) is 0. The zero-order valence-corrected chi connectivity index (χ0v) is 16.9. The molecule has 1 saturated heterocycles. The van der Waals surface area contributed by atoms with Crippen LogP contribution in [-0.2, 0) is 16.8 Å². The van der Waals surface area contributed by atoms with Gasteiger partial charge in [0.2, 0.25) is 0 Å². The molecule has 2 aromatic heterocycles. The highest BCUT2D eigenvalue weighted by Gasteiger charge is 2.49. The molecule has 2 aliphatic heterocycles. The number of hydrogen-bond donors (Lipinski definition) is 2. The zero-order valence-electron chi connectivity index (χ0n) is 15.3. The van der Waals surface area contributed by atoms with Crippen LogP contribution < -0.4 is 11.1 Å². The Labute approximate surface area is 171 Å². The van der Waals surface area contributed by atoms with E-state index >= 15 is 0 Å². The number of thiazole rings is 1. The van der Waals surface area contributed by atoms with Crippen molar-refractivity contribution in [2.24, 2.45) is 16.6 Å². The molecule has 4 heterocycles. The second-order valence-electron chi connectivity index (χ2n) is 6.83. The fourth-order valence-electron chi connectivity index (χ4n) is 3.45. The van der Waals surface area contributed by atoms with E-state index in [2.05, 4.69) is 28.2 Å². The van der Waals surface area contributed by atoms with Crippen LogP contribution in [0.3, 0.4) is 0 Å². The second-order valence-corrected chi connectivity index (χ2v) is 8.73. The summed E-state index contributed by atoms with van der Waals surface area (Å²) in [6.07, 6.45) is 8.02. The molecule has 0 aliphatic carbocycles. The van der Waals surface area contributed by atoms with Crippen molar-refractivity contribution < 1.29 is 9.53 Å². The van der Waals surface area contributed by atoms with Gasteiger partial charge in [0.1, 0.15) is 22.9 Å². The van der Waals surface area contributed by atoms with Crippen LogP contribution in [0.2, 0.25) is 0 Å². The van der Waals surface area contributed by atoms with Gasteiger partial charge in [-0.15, -0.1) is 17.8 Å². The number of carbonyl (C=O) groups excluding carboxylic acids is 1. The second kappa shape index (κ2) is 7.58. The van der Waals surface area contributed by atoms with Gasteiger partial charge in [-0.05, 0) is 19.4 Å². The number of amides is 1. The lowest BCUT2D eigenvalue weighted by Crippen LogP contribution is -2.49. The fourth-order valence-corrected chi connectivity index (χ4v) is 5.43. The maximum absolute atomic E-state index is 12.4. The van der Waals surface area contributed by atoms with Gasteiger partial charge in [-0.1, -0.05) is 17.7 Å². The first-order valence-electron chi connectivity index (χ1n) is 8.84. The molecule has 3 unspecified atom stereocenters. The molecule has 8 nitrogen and oxygen atoms in total. The van der Waals surface area contributed by atoms with Gasteiger partial charge in [0.05, 0.1) is 12.7 Å². The molecule has 4 rings (SSSR count). The first kappa shape index (κ1) is 19.0. The average Bonchev–Trinajstić information content (AvgIpc) is 3.32. The minimum atomic E-state index is -0.580. The van der Waals surface area contributed by atoms with Gasteiger partial charge in [-0.25, -0.2) is 9.98 Å². The zero-order chi connectivity index (χ0) is 19.7.